The number of oxazole rings is 1. The molecule has 2 aromatic rings. The maximum Gasteiger partial charge on any atom is 0.257 e. The Labute approximate surface area is 122 Å². The van der Waals surface area contributed by atoms with E-state index in [-0.39, 0.29) is 5.91 Å². The molecule has 1 aromatic heterocycles. The van der Waals surface area contributed by atoms with Crippen molar-refractivity contribution in [3.8, 4) is 0 Å². The van der Waals surface area contributed by atoms with E-state index in [1.165, 1.54) is 11.8 Å². The zero-order chi connectivity index (χ0) is 14.4. The molecular weight excluding hydrogens is 276 g/mol. The van der Waals surface area contributed by atoms with E-state index < -0.39 is 0 Å². The lowest BCUT2D eigenvalue weighted by molar-refractivity contribution is -0.127. The van der Waals surface area contributed by atoms with E-state index in [2.05, 4.69) is 4.98 Å². The molecule has 1 heterocycles. The van der Waals surface area contributed by atoms with Crippen molar-refractivity contribution in [2.45, 2.75) is 11.6 Å². The molecule has 0 saturated carbocycles. The van der Waals surface area contributed by atoms with Gasteiger partial charge in [0.05, 0.1) is 5.75 Å². The summed E-state index contributed by atoms with van der Waals surface area (Å²) < 4.78 is 10.5. The van der Waals surface area contributed by atoms with Gasteiger partial charge in [0.25, 0.3) is 5.22 Å². The molecule has 0 saturated heterocycles. The van der Waals surface area contributed by atoms with Crippen molar-refractivity contribution in [3.63, 3.8) is 0 Å². The molecule has 0 spiro atoms. The number of ether oxygens (including phenoxy) is 1. The molecular formula is C14H18N2O3S. The molecule has 0 aliphatic rings. The van der Waals surface area contributed by atoms with Gasteiger partial charge in [0.15, 0.2) is 5.58 Å². The van der Waals surface area contributed by atoms with E-state index in [9.17, 15) is 4.79 Å². The smallest absolute Gasteiger partial charge is 0.257 e. The third-order valence-electron chi connectivity index (χ3n) is 2.86. The number of benzene rings is 1. The van der Waals surface area contributed by atoms with Crippen molar-refractivity contribution in [1.29, 1.82) is 0 Å². The number of aromatic nitrogens is 1. The van der Waals surface area contributed by atoms with Crippen LogP contribution in [0.15, 0.2) is 33.9 Å². The van der Waals surface area contributed by atoms with Gasteiger partial charge in [0.2, 0.25) is 5.91 Å². The van der Waals surface area contributed by atoms with Gasteiger partial charge in [-0.15, -0.1) is 0 Å². The maximum absolute atomic E-state index is 11.9. The molecule has 0 atom stereocenters. The Kier molecular flexibility index (Phi) is 5.43. The summed E-state index contributed by atoms with van der Waals surface area (Å²) >= 11 is 1.32. The molecule has 0 N–H and O–H groups in total. The van der Waals surface area contributed by atoms with Gasteiger partial charge in [-0.25, -0.2) is 4.98 Å². The second-order valence-electron chi connectivity index (χ2n) is 4.40. The number of carbonyl (C=O) groups excluding carboxylic acids is 1. The normalized spacial score (nSPS) is 10.9. The predicted octanol–water partition coefficient (Wildman–Crippen LogP) is 2.41. The number of fused-ring (bicyclic) bond motifs is 1. The first-order valence-electron chi connectivity index (χ1n) is 6.42. The van der Waals surface area contributed by atoms with E-state index in [0.717, 1.165) is 17.5 Å². The first-order valence-corrected chi connectivity index (χ1v) is 7.40. The number of amides is 1. The molecule has 0 aliphatic heterocycles. The lowest BCUT2D eigenvalue weighted by Gasteiger charge is -2.15. The van der Waals surface area contributed by atoms with Gasteiger partial charge in [-0.3, -0.25) is 4.79 Å². The van der Waals surface area contributed by atoms with E-state index in [4.69, 9.17) is 9.15 Å². The van der Waals surface area contributed by atoms with Crippen LogP contribution in [0.5, 0.6) is 0 Å². The Morgan fingerprint density at radius 1 is 1.45 bits per heavy atom. The first-order chi connectivity index (χ1) is 9.70. The van der Waals surface area contributed by atoms with Gasteiger partial charge < -0.3 is 14.1 Å². The molecule has 0 fully saturated rings. The molecule has 1 amide bonds. The van der Waals surface area contributed by atoms with Gasteiger partial charge in [-0.1, -0.05) is 23.9 Å². The van der Waals surface area contributed by atoms with Crippen molar-refractivity contribution in [2.75, 3.05) is 33.1 Å². The lowest BCUT2D eigenvalue weighted by atomic mass is 10.3. The highest BCUT2D eigenvalue weighted by molar-refractivity contribution is 7.99. The zero-order valence-corrected chi connectivity index (χ0v) is 12.5. The number of para-hydroxylation sites is 2. The van der Waals surface area contributed by atoms with Crippen LogP contribution in [0.1, 0.15) is 6.42 Å². The summed E-state index contributed by atoms with van der Waals surface area (Å²) in [6, 6.07) is 7.57. The average Bonchev–Trinajstić information content (AvgIpc) is 2.87. The van der Waals surface area contributed by atoms with Crippen molar-refractivity contribution in [2.24, 2.45) is 0 Å². The highest BCUT2D eigenvalue weighted by atomic mass is 32.2. The van der Waals surface area contributed by atoms with Crippen LogP contribution in [-0.4, -0.2) is 48.9 Å². The molecule has 20 heavy (non-hydrogen) atoms. The minimum atomic E-state index is 0.0633. The molecule has 108 valence electrons. The van der Waals surface area contributed by atoms with Crippen molar-refractivity contribution in [3.05, 3.63) is 24.3 Å². The third-order valence-corrected chi connectivity index (χ3v) is 3.67. The number of hydrogen-bond acceptors (Lipinski definition) is 5. The lowest BCUT2D eigenvalue weighted by Crippen LogP contribution is -2.29. The van der Waals surface area contributed by atoms with Crippen molar-refractivity contribution >= 4 is 28.8 Å². The van der Waals surface area contributed by atoms with Gasteiger partial charge in [0.1, 0.15) is 5.52 Å². The van der Waals surface area contributed by atoms with Crippen LogP contribution < -0.4 is 0 Å². The van der Waals surface area contributed by atoms with Gasteiger partial charge >= 0.3 is 0 Å². The molecule has 1 aromatic carbocycles. The van der Waals surface area contributed by atoms with Gasteiger partial charge in [-0.05, 0) is 18.6 Å². The first kappa shape index (κ1) is 14.9. The van der Waals surface area contributed by atoms with Crippen molar-refractivity contribution < 1.29 is 13.9 Å². The number of carbonyl (C=O) groups is 1. The minimum Gasteiger partial charge on any atom is -0.431 e. The molecule has 2 rings (SSSR count). The Hall–Kier alpha value is -1.53. The fraction of sp³-hybridized carbons (Fsp3) is 0.429. The van der Waals surface area contributed by atoms with Crippen LogP contribution in [0.4, 0.5) is 0 Å². The highest BCUT2D eigenvalue weighted by Crippen LogP contribution is 2.23. The summed E-state index contributed by atoms with van der Waals surface area (Å²) in [5, 5.41) is 0.532. The minimum absolute atomic E-state index is 0.0633. The van der Waals surface area contributed by atoms with Crippen LogP contribution >= 0.6 is 11.8 Å². The quantitative estimate of drug-likeness (QED) is 0.580. The zero-order valence-electron chi connectivity index (χ0n) is 11.7. The number of thioether (sulfide) groups is 1. The second-order valence-corrected chi connectivity index (χ2v) is 5.32. The van der Waals surface area contributed by atoms with E-state index >= 15 is 0 Å². The molecule has 0 bridgehead atoms. The standard InChI is InChI=1S/C14H18N2O3S/c1-16(8-5-9-18-2)13(17)10-20-14-15-11-6-3-4-7-12(11)19-14/h3-4,6-7H,5,8-10H2,1-2H3. The monoisotopic (exact) mass is 294 g/mol. The second kappa shape index (κ2) is 7.31. The maximum atomic E-state index is 11.9. The predicted molar refractivity (Wildman–Crippen MR) is 78.9 cm³/mol. The van der Waals surface area contributed by atoms with E-state index in [1.807, 2.05) is 24.3 Å². The molecule has 0 radical (unpaired) electrons. The summed E-state index contributed by atoms with van der Waals surface area (Å²) in [4.78, 5) is 17.9. The van der Waals surface area contributed by atoms with Gasteiger partial charge in [-0.2, -0.15) is 0 Å². The Morgan fingerprint density at radius 2 is 2.25 bits per heavy atom. The molecule has 0 aliphatic carbocycles. The highest BCUT2D eigenvalue weighted by Gasteiger charge is 2.12. The summed E-state index contributed by atoms with van der Waals surface area (Å²) in [6.07, 6.45) is 0.840. The van der Waals surface area contributed by atoms with Gasteiger partial charge in [0, 0.05) is 27.3 Å². The van der Waals surface area contributed by atoms with Crippen LogP contribution in [0.25, 0.3) is 11.1 Å². The average molecular weight is 294 g/mol. The van der Waals surface area contributed by atoms with E-state index in [0.29, 0.717) is 24.1 Å². The Morgan fingerprint density at radius 3 is 3.00 bits per heavy atom. The number of rotatable bonds is 7. The van der Waals surface area contributed by atoms with Crippen LogP contribution in [0.3, 0.4) is 0 Å². The summed E-state index contributed by atoms with van der Waals surface area (Å²) in [6.45, 7) is 1.36. The molecule has 5 nitrogen and oxygen atoms in total. The van der Waals surface area contributed by atoms with Crippen LogP contribution in [0.2, 0.25) is 0 Å². The third kappa shape index (κ3) is 3.98. The topological polar surface area (TPSA) is 55.6 Å². The number of hydrogen-bond donors (Lipinski definition) is 0. The number of methoxy groups -OCH3 is 1. The summed E-state index contributed by atoms with van der Waals surface area (Å²) in [5.74, 6) is 0.393. The SMILES string of the molecule is COCCCN(C)C(=O)CSc1nc2ccccc2o1. The van der Waals surface area contributed by atoms with Crippen LogP contribution in [0, 0.1) is 0 Å². The van der Waals surface area contributed by atoms with Crippen LogP contribution in [-0.2, 0) is 9.53 Å². The van der Waals surface area contributed by atoms with Crippen molar-refractivity contribution in [1.82, 2.24) is 9.88 Å². The molecule has 0 unspecified atom stereocenters. The molecule has 6 heteroatoms. The summed E-state index contributed by atoms with van der Waals surface area (Å²) in [5.41, 5.74) is 1.56. The summed E-state index contributed by atoms with van der Waals surface area (Å²) in [7, 11) is 3.45. The Bertz CT molecular complexity index is 537. The Balaban J connectivity index is 1.83. The fourth-order valence-electron chi connectivity index (χ4n) is 1.72. The number of nitrogens with zero attached hydrogens (tertiary/aromatic N) is 2. The van der Waals surface area contributed by atoms with E-state index in [1.54, 1.807) is 19.1 Å². The largest absolute Gasteiger partial charge is 0.431 e. The fourth-order valence-corrected chi connectivity index (χ4v) is 2.50.